The molecule has 0 amide bonds. The van der Waals surface area contributed by atoms with Crippen LogP contribution in [0.25, 0.3) is 0 Å². The lowest BCUT2D eigenvalue weighted by atomic mass is 9.52. The minimum absolute atomic E-state index is 0.0142. The number of rotatable bonds is 17. The van der Waals surface area contributed by atoms with Gasteiger partial charge in [-0.25, -0.2) is 10.3 Å². The summed E-state index contributed by atoms with van der Waals surface area (Å²) in [7, 11) is 0. The van der Waals surface area contributed by atoms with E-state index in [1.54, 1.807) is 56.7 Å². The van der Waals surface area contributed by atoms with Crippen molar-refractivity contribution in [3.63, 3.8) is 0 Å². The number of fused-ring (bicyclic) bond motifs is 8. The van der Waals surface area contributed by atoms with Crippen molar-refractivity contribution in [2.24, 2.45) is 182 Å². The zero-order chi connectivity index (χ0) is 103. The van der Waals surface area contributed by atoms with Crippen LogP contribution < -0.4 is 5.90 Å². The number of benzene rings is 5. The van der Waals surface area contributed by atoms with Gasteiger partial charge in [-0.05, 0) is 455 Å². The Balaban J connectivity index is 0.000000178. The van der Waals surface area contributed by atoms with Gasteiger partial charge >= 0.3 is 0 Å². The third kappa shape index (κ3) is 29.5. The first-order chi connectivity index (χ1) is 65.3. The second-order valence-electron chi connectivity index (χ2n) is 51.4. The van der Waals surface area contributed by atoms with Crippen LogP contribution in [0.15, 0.2) is 179 Å². The van der Waals surface area contributed by atoms with Crippen LogP contribution in [-0.2, 0) is 36.9 Å². The van der Waals surface area contributed by atoms with Crippen LogP contribution >= 0.6 is 50.1 Å². The number of aromatic hydroxyl groups is 1. The van der Waals surface area contributed by atoms with Crippen molar-refractivity contribution in [1.29, 1.82) is 0 Å². The molecule has 11 aliphatic carbocycles. The molecule has 3 fully saturated rings. The second-order valence-corrected chi connectivity index (χ2v) is 54.0. The first kappa shape index (κ1) is 118. The maximum Gasteiger partial charge on any atom is 0.123 e. The summed E-state index contributed by atoms with van der Waals surface area (Å²) < 4.78 is 15.9. The van der Waals surface area contributed by atoms with Crippen LogP contribution in [-0.4, -0.2) is 11.2 Å². The SMILES string of the molecule is C=C1C=C2CCC(C(C)C)C(C(C)C)[C@@]2(C)CC1.C=C1C=C[C@@]2(C)C(=C1)CCC(C(C)C)C2C(C)C.CC(C)C1CCC2=CC(ON)C=CC2C1C(C)C.CC(C)C1CCc2cc(Br)ccc2C1C(C)C.CC(C)C1CCc2cc(Cl)ccc2C1C(C)C.CC(C)C1CCc2cc(F)ccc2C1C(C)C.CC(C)C1CCc2cc(I)ccc2C1C(C)C.CC(C)C1CCc2cc(O)ccc2C1C(C)C. The van der Waals surface area contributed by atoms with Gasteiger partial charge < -0.3 is 5.11 Å². The fourth-order valence-corrected chi connectivity index (χ4v) is 31.5. The molecule has 0 aromatic heterocycles. The van der Waals surface area contributed by atoms with Gasteiger partial charge in [0.15, 0.2) is 0 Å². The fraction of sp³-hybridized carbons (Fsp3) is 0.667. The predicted molar refractivity (Wildman–Crippen MR) is 617 cm³/mol. The highest BCUT2D eigenvalue weighted by Gasteiger charge is 2.50. The van der Waals surface area contributed by atoms with Gasteiger partial charge in [-0.2, -0.15) is 0 Å². The van der Waals surface area contributed by atoms with Gasteiger partial charge in [-0.15, -0.1) is 0 Å². The van der Waals surface area contributed by atoms with Gasteiger partial charge in [0.05, 0.1) is 0 Å². The average Bonchev–Trinajstić information content (AvgIpc) is 0.747. The van der Waals surface area contributed by atoms with Crippen molar-refractivity contribution in [2.75, 3.05) is 0 Å². The van der Waals surface area contributed by atoms with Crippen LogP contribution in [0, 0.1) is 186 Å². The first-order valence-electron chi connectivity index (χ1n) is 56.5. The molecule has 0 bridgehead atoms. The summed E-state index contributed by atoms with van der Waals surface area (Å²) in [5.74, 6) is 30.7. The van der Waals surface area contributed by atoms with Crippen molar-refractivity contribution in [1.82, 2.24) is 0 Å². The molecule has 5 aromatic carbocycles. The van der Waals surface area contributed by atoms with Crippen molar-refractivity contribution in [3.05, 3.63) is 249 Å². The molecular weight excluding hydrogens is 1890 g/mol. The molecule has 0 aliphatic heterocycles. The Morgan fingerprint density at radius 3 is 1.19 bits per heavy atom. The van der Waals surface area contributed by atoms with E-state index in [1.807, 2.05) is 18.2 Å². The highest BCUT2D eigenvalue weighted by atomic mass is 127. The highest BCUT2D eigenvalue weighted by molar-refractivity contribution is 14.1. The van der Waals surface area contributed by atoms with E-state index in [0.29, 0.717) is 58.5 Å². The fourth-order valence-electron chi connectivity index (χ4n) is 30.3. The lowest BCUT2D eigenvalue weighted by molar-refractivity contribution is 0.0343. The maximum absolute atomic E-state index is 13.3. The molecule has 20 atom stereocenters. The molecule has 18 unspecified atom stereocenters. The second kappa shape index (κ2) is 52.8. The summed E-state index contributed by atoms with van der Waals surface area (Å²) >= 11 is 12.1. The number of allylic oxidation sites excluding steroid dienone is 10. The van der Waals surface area contributed by atoms with E-state index in [2.05, 4.69) is 390 Å². The third-order valence-corrected chi connectivity index (χ3v) is 38.2. The van der Waals surface area contributed by atoms with E-state index in [1.165, 1.54) is 150 Å². The van der Waals surface area contributed by atoms with E-state index in [-0.39, 0.29) is 17.3 Å². The van der Waals surface area contributed by atoms with Gasteiger partial charge in [-0.1, -0.05) is 371 Å². The molecule has 3 saturated carbocycles. The predicted octanol–water partition coefficient (Wildman–Crippen LogP) is 39.8. The molecule has 5 aromatic rings. The smallest absolute Gasteiger partial charge is 0.123 e. The monoisotopic (exact) mass is 2090 g/mol. The van der Waals surface area contributed by atoms with E-state index in [0.717, 1.165) is 166 Å². The minimum Gasteiger partial charge on any atom is -0.508 e. The number of hydrogen-bond acceptors (Lipinski definition) is 3. The summed E-state index contributed by atoms with van der Waals surface area (Å²) in [6.45, 7) is 89.0. The zero-order valence-electron chi connectivity index (χ0n) is 94.4. The van der Waals surface area contributed by atoms with Gasteiger partial charge in [0.1, 0.15) is 17.7 Å². The number of phenols is 1. The van der Waals surface area contributed by atoms with Crippen molar-refractivity contribution in [2.45, 2.75) is 387 Å². The highest BCUT2D eigenvalue weighted by Crippen LogP contribution is 2.60. The van der Waals surface area contributed by atoms with Crippen molar-refractivity contribution < 1.29 is 14.3 Å². The summed E-state index contributed by atoms with van der Waals surface area (Å²) in [6.07, 6.45) is 38.8. The summed E-state index contributed by atoms with van der Waals surface area (Å²) in [5.41, 5.74) is 23.0. The van der Waals surface area contributed by atoms with Crippen molar-refractivity contribution >= 4 is 50.1 Å². The Kier molecular flexibility index (Phi) is 44.9. The molecule has 0 saturated heterocycles. The molecule has 11 aliphatic rings. The quantitative estimate of drug-likeness (QED) is 0.0554. The standard InChI is InChI=1S/C18H30.C18H28.C16H23Br.C16H23Cl.C16H23F.C16H23I.C16H27NO.C16H24O/c2*1-12(2)16-8-7-15-11-14(5)9-10-18(15,6)17(16)13(3)4;4*1-10(2)14-7-5-12-9-13(17)6-8-15(12)16(14)11(3)4;1-10(2)14-7-5-12-9-13(18-17)6-8-15(12)16(14)11(3)4;1-10(2)14-7-5-12-9-13(17)6-8-15(12)16(14)11(3)4/h11-13,16-17H,5,7-10H2,1-4,6H3;9-13,16-17H,5,7-8H2,1-4,6H3;4*6,8-11,14,16H,5,7H2,1-4H3;6,8-11,13-16H,5,7,17H2,1-4H3;6,8-11,14,16-17H,5,7H2,1-4H3/t2*16?,17?,18-;;;;;;/m00....../s1. The van der Waals surface area contributed by atoms with Gasteiger partial charge in [0.2, 0.25) is 0 Å². The molecule has 774 valence electrons. The van der Waals surface area contributed by atoms with E-state index in [9.17, 15) is 9.50 Å². The Morgan fingerprint density at radius 1 is 0.396 bits per heavy atom. The largest absolute Gasteiger partial charge is 0.508 e. The van der Waals surface area contributed by atoms with E-state index >= 15 is 0 Å². The molecule has 0 heterocycles. The molecule has 7 heteroatoms. The number of phenolic OH excluding ortho intramolecular Hbond substituents is 1. The van der Waals surface area contributed by atoms with Crippen LogP contribution in [0.4, 0.5) is 4.39 Å². The Morgan fingerprint density at radius 2 is 0.770 bits per heavy atom. The lowest BCUT2D eigenvalue weighted by Gasteiger charge is -2.53. The van der Waals surface area contributed by atoms with Gasteiger partial charge in [-0.3, -0.25) is 4.84 Å². The summed E-state index contributed by atoms with van der Waals surface area (Å²) in [4.78, 5) is 4.95. The van der Waals surface area contributed by atoms with Crippen LogP contribution in [0.5, 0.6) is 5.75 Å². The summed E-state index contributed by atoms with van der Waals surface area (Å²) in [5, 5.41) is 10.5. The lowest BCUT2D eigenvalue weighted by Crippen LogP contribution is -2.44. The molecular formula is C132H201BrClFINO2. The summed E-state index contributed by atoms with van der Waals surface area (Å²) in [6, 6.07) is 31.7. The van der Waals surface area contributed by atoms with Crippen LogP contribution in [0.3, 0.4) is 0 Å². The number of halogens is 4. The average molecular weight is 2100 g/mol. The van der Waals surface area contributed by atoms with E-state index in [4.69, 9.17) is 22.3 Å². The number of hydrogen-bond donors (Lipinski definition) is 2. The molecule has 0 spiro atoms. The normalized spacial score (nSPS) is 28.8. The zero-order valence-corrected chi connectivity index (χ0v) is 98.9. The maximum atomic E-state index is 13.3. The Bertz CT molecular complexity index is 4430. The molecule has 139 heavy (non-hydrogen) atoms. The Hall–Kier alpha value is -4.57. The van der Waals surface area contributed by atoms with E-state index < -0.39 is 0 Å². The minimum atomic E-state index is -0.0887. The molecule has 3 nitrogen and oxygen atoms in total. The first-order valence-corrected chi connectivity index (χ1v) is 58.7. The van der Waals surface area contributed by atoms with Crippen LogP contribution in [0.2, 0.25) is 5.02 Å². The number of nitrogens with two attached hydrogens (primary N) is 1. The van der Waals surface area contributed by atoms with Gasteiger partial charge in [0, 0.05) is 24.4 Å². The Labute approximate surface area is 881 Å². The number of aryl methyl sites for hydroxylation is 5. The van der Waals surface area contributed by atoms with Crippen molar-refractivity contribution in [3.8, 4) is 5.75 Å². The van der Waals surface area contributed by atoms with Gasteiger partial charge in [0.25, 0.3) is 0 Å². The molecule has 0 radical (unpaired) electrons. The van der Waals surface area contributed by atoms with Crippen LogP contribution in [0.1, 0.15) is 404 Å². The molecule has 3 N–H and O–H groups in total. The third-order valence-electron chi connectivity index (χ3n) is 36.8. The molecule has 16 rings (SSSR count). The topological polar surface area (TPSA) is 55.5 Å².